The molecule has 0 unspecified atom stereocenters. The van der Waals surface area contributed by atoms with Crippen molar-refractivity contribution in [2.24, 2.45) is 0 Å². The average Bonchev–Trinajstić information content (AvgIpc) is 2.09. The molecular weight excluding hydrogens is 232 g/mol. The molecule has 3 nitrogen and oxygen atoms in total. The van der Waals surface area contributed by atoms with E-state index in [9.17, 15) is 0 Å². The number of hydrogen-bond acceptors (Lipinski definition) is 3. The van der Waals surface area contributed by atoms with Gasteiger partial charge >= 0.3 is 0 Å². The van der Waals surface area contributed by atoms with Crippen molar-refractivity contribution in [1.29, 1.82) is 0 Å². The summed E-state index contributed by atoms with van der Waals surface area (Å²) in [5.41, 5.74) is 1.05. The average molecular weight is 245 g/mol. The first kappa shape index (κ1) is 10.5. The summed E-state index contributed by atoms with van der Waals surface area (Å²) in [7, 11) is 1.89. The zero-order chi connectivity index (χ0) is 9.68. The van der Waals surface area contributed by atoms with Gasteiger partial charge in [0.25, 0.3) is 0 Å². The largest absolute Gasteiger partial charge is 0.476 e. The summed E-state index contributed by atoms with van der Waals surface area (Å²) >= 11 is 3.35. The minimum atomic E-state index is 0.645. The van der Waals surface area contributed by atoms with E-state index in [2.05, 4.69) is 26.2 Å². The van der Waals surface area contributed by atoms with Gasteiger partial charge in [-0.3, -0.25) is 0 Å². The van der Waals surface area contributed by atoms with Gasteiger partial charge in [0.1, 0.15) is 6.61 Å². The molecule has 0 bridgehead atoms. The Balaban J connectivity index is 2.56. The molecule has 1 rings (SSSR count). The highest BCUT2D eigenvalue weighted by Gasteiger charge is 2.00. The SMILES string of the molecule is CNCCOc1ncc(Br)cc1C. The third kappa shape index (κ3) is 3.32. The highest BCUT2D eigenvalue weighted by atomic mass is 79.9. The van der Waals surface area contributed by atoms with E-state index in [-0.39, 0.29) is 0 Å². The predicted octanol–water partition coefficient (Wildman–Crippen LogP) is 1.75. The fourth-order valence-electron chi connectivity index (χ4n) is 0.929. The third-order valence-corrected chi connectivity index (χ3v) is 2.02. The second-order valence-electron chi connectivity index (χ2n) is 2.73. The summed E-state index contributed by atoms with van der Waals surface area (Å²) in [5.74, 6) is 0.707. The molecule has 4 heteroatoms. The molecule has 0 amide bonds. The summed E-state index contributed by atoms with van der Waals surface area (Å²) in [6.07, 6.45) is 1.74. The number of pyridine rings is 1. The summed E-state index contributed by atoms with van der Waals surface area (Å²) < 4.78 is 6.42. The number of aryl methyl sites for hydroxylation is 1. The molecule has 0 atom stereocenters. The van der Waals surface area contributed by atoms with Gasteiger partial charge in [0, 0.05) is 22.8 Å². The Bertz CT molecular complexity index is 278. The molecule has 0 aliphatic carbocycles. The van der Waals surface area contributed by atoms with Crippen molar-refractivity contribution in [3.63, 3.8) is 0 Å². The summed E-state index contributed by atoms with van der Waals surface area (Å²) in [6, 6.07) is 1.99. The van der Waals surface area contributed by atoms with Crippen LogP contribution in [0.2, 0.25) is 0 Å². The fraction of sp³-hybridized carbons (Fsp3) is 0.444. The van der Waals surface area contributed by atoms with Crippen LogP contribution in [0, 0.1) is 6.92 Å². The Kier molecular flexibility index (Phi) is 4.18. The van der Waals surface area contributed by atoms with Crippen LogP contribution in [0.15, 0.2) is 16.7 Å². The number of rotatable bonds is 4. The Morgan fingerprint density at radius 1 is 1.62 bits per heavy atom. The zero-order valence-corrected chi connectivity index (χ0v) is 9.39. The molecule has 0 saturated heterocycles. The predicted molar refractivity (Wildman–Crippen MR) is 56.1 cm³/mol. The Morgan fingerprint density at radius 3 is 3.00 bits per heavy atom. The number of likely N-dealkylation sites (N-methyl/N-ethyl adjacent to an activating group) is 1. The maximum atomic E-state index is 5.44. The molecule has 0 saturated carbocycles. The van der Waals surface area contributed by atoms with Crippen LogP contribution in [-0.4, -0.2) is 25.2 Å². The molecule has 1 heterocycles. The molecular formula is C9H13BrN2O. The summed E-state index contributed by atoms with van der Waals surface area (Å²) in [6.45, 7) is 3.45. The van der Waals surface area contributed by atoms with Gasteiger partial charge in [-0.05, 0) is 36.0 Å². The van der Waals surface area contributed by atoms with Gasteiger partial charge in [-0.25, -0.2) is 4.98 Å². The summed E-state index contributed by atoms with van der Waals surface area (Å²) in [4.78, 5) is 4.15. The van der Waals surface area contributed by atoms with E-state index in [1.54, 1.807) is 6.20 Å². The lowest BCUT2D eigenvalue weighted by molar-refractivity contribution is 0.304. The highest BCUT2D eigenvalue weighted by Crippen LogP contribution is 2.18. The second-order valence-corrected chi connectivity index (χ2v) is 3.64. The van der Waals surface area contributed by atoms with Gasteiger partial charge in [0.05, 0.1) is 0 Å². The zero-order valence-electron chi connectivity index (χ0n) is 7.80. The standard InChI is InChI=1S/C9H13BrN2O/c1-7-5-8(10)6-12-9(7)13-4-3-11-2/h5-6,11H,3-4H2,1-2H3. The van der Waals surface area contributed by atoms with Gasteiger partial charge in [-0.1, -0.05) is 0 Å². The normalized spacial score (nSPS) is 10.1. The lowest BCUT2D eigenvalue weighted by Crippen LogP contribution is -2.16. The van der Waals surface area contributed by atoms with Crippen LogP contribution >= 0.6 is 15.9 Å². The van der Waals surface area contributed by atoms with Crippen LogP contribution in [0.4, 0.5) is 0 Å². The van der Waals surface area contributed by atoms with E-state index < -0.39 is 0 Å². The minimum absolute atomic E-state index is 0.645. The lowest BCUT2D eigenvalue weighted by Gasteiger charge is -2.07. The van der Waals surface area contributed by atoms with Gasteiger partial charge in [-0.15, -0.1) is 0 Å². The number of hydrogen-bond donors (Lipinski definition) is 1. The number of aromatic nitrogens is 1. The maximum Gasteiger partial charge on any atom is 0.216 e. The van der Waals surface area contributed by atoms with Crippen molar-refractivity contribution < 1.29 is 4.74 Å². The molecule has 13 heavy (non-hydrogen) atoms. The molecule has 1 N–H and O–H groups in total. The number of halogens is 1. The van der Waals surface area contributed by atoms with E-state index in [4.69, 9.17) is 4.74 Å². The van der Waals surface area contributed by atoms with Crippen molar-refractivity contribution in [1.82, 2.24) is 10.3 Å². The Labute approximate surface area is 86.6 Å². The Morgan fingerprint density at radius 2 is 2.38 bits per heavy atom. The van der Waals surface area contributed by atoms with E-state index in [1.807, 2.05) is 20.0 Å². The van der Waals surface area contributed by atoms with Gasteiger partial charge in [0.2, 0.25) is 5.88 Å². The quantitative estimate of drug-likeness (QED) is 0.820. The number of ether oxygens (including phenoxy) is 1. The molecule has 0 aliphatic rings. The third-order valence-electron chi connectivity index (χ3n) is 1.59. The van der Waals surface area contributed by atoms with Crippen molar-refractivity contribution >= 4 is 15.9 Å². The van der Waals surface area contributed by atoms with Crippen LogP contribution in [0.3, 0.4) is 0 Å². The van der Waals surface area contributed by atoms with Crippen molar-refractivity contribution in [3.8, 4) is 5.88 Å². The van der Waals surface area contributed by atoms with Gasteiger partial charge < -0.3 is 10.1 Å². The van der Waals surface area contributed by atoms with E-state index in [0.717, 1.165) is 16.6 Å². The van der Waals surface area contributed by atoms with Crippen molar-refractivity contribution in [3.05, 3.63) is 22.3 Å². The maximum absolute atomic E-state index is 5.44. The van der Waals surface area contributed by atoms with Gasteiger partial charge in [-0.2, -0.15) is 0 Å². The molecule has 1 aromatic rings. The van der Waals surface area contributed by atoms with Crippen molar-refractivity contribution in [2.45, 2.75) is 6.92 Å². The molecule has 1 aromatic heterocycles. The summed E-state index contributed by atoms with van der Waals surface area (Å²) in [5, 5.41) is 3.01. The molecule has 0 aliphatic heterocycles. The van der Waals surface area contributed by atoms with Crippen LogP contribution in [0.1, 0.15) is 5.56 Å². The number of nitrogens with zero attached hydrogens (tertiary/aromatic N) is 1. The van der Waals surface area contributed by atoms with Crippen LogP contribution in [0.5, 0.6) is 5.88 Å². The minimum Gasteiger partial charge on any atom is -0.476 e. The monoisotopic (exact) mass is 244 g/mol. The molecule has 0 radical (unpaired) electrons. The first-order chi connectivity index (χ1) is 6.24. The van der Waals surface area contributed by atoms with Gasteiger partial charge in [0.15, 0.2) is 0 Å². The van der Waals surface area contributed by atoms with E-state index in [1.165, 1.54) is 0 Å². The molecule has 0 aromatic carbocycles. The van der Waals surface area contributed by atoms with Crippen LogP contribution in [-0.2, 0) is 0 Å². The highest BCUT2D eigenvalue weighted by molar-refractivity contribution is 9.10. The number of nitrogens with one attached hydrogen (secondary N) is 1. The smallest absolute Gasteiger partial charge is 0.216 e. The first-order valence-corrected chi connectivity index (χ1v) is 4.93. The molecule has 0 fully saturated rings. The molecule has 72 valence electrons. The Hall–Kier alpha value is -0.610. The first-order valence-electron chi connectivity index (χ1n) is 4.13. The fourth-order valence-corrected chi connectivity index (χ4v) is 1.37. The molecule has 0 spiro atoms. The van der Waals surface area contributed by atoms with Crippen LogP contribution in [0.25, 0.3) is 0 Å². The van der Waals surface area contributed by atoms with Crippen LogP contribution < -0.4 is 10.1 Å². The van der Waals surface area contributed by atoms with E-state index in [0.29, 0.717) is 12.5 Å². The lowest BCUT2D eigenvalue weighted by atomic mass is 10.3. The van der Waals surface area contributed by atoms with Crippen molar-refractivity contribution in [2.75, 3.05) is 20.2 Å². The topological polar surface area (TPSA) is 34.1 Å². The second kappa shape index (κ2) is 5.19. The van der Waals surface area contributed by atoms with E-state index >= 15 is 0 Å².